The molecule has 0 aromatic heterocycles. The number of carbonyl (C=O) groups is 2. The van der Waals surface area contributed by atoms with E-state index in [2.05, 4.69) is 0 Å². The van der Waals surface area contributed by atoms with E-state index in [0.717, 1.165) is 24.9 Å². The van der Waals surface area contributed by atoms with Gasteiger partial charge in [0.2, 0.25) is 11.8 Å². The number of piperidine rings is 1. The van der Waals surface area contributed by atoms with Crippen molar-refractivity contribution < 1.29 is 14.3 Å². The van der Waals surface area contributed by atoms with Crippen LogP contribution in [0.4, 0.5) is 0 Å². The fraction of sp³-hybridized carbons (Fsp3) is 0.619. The number of morpholine rings is 1. The zero-order valence-corrected chi connectivity index (χ0v) is 16.1. The standard InChI is InChI=1S/C21H30N2O3/c1-21(2,3)20(25)23-11-7-10-17(14-23)19(24)22-12-13-26-18(15-22)16-8-5-4-6-9-16/h4-6,8-9,17-18H,7,10-15H2,1-3H3/t17-,18-/m1/s1. The lowest BCUT2D eigenvalue weighted by Crippen LogP contribution is -2.51. The first kappa shape index (κ1) is 18.9. The van der Waals surface area contributed by atoms with Crippen LogP contribution in [-0.4, -0.2) is 54.4 Å². The molecule has 2 aliphatic rings. The molecule has 2 atom stereocenters. The van der Waals surface area contributed by atoms with Crippen molar-refractivity contribution in [2.75, 3.05) is 32.8 Å². The lowest BCUT2D eigenvalue weighted by atomic mass is 9.90. The highest BCUT2D eigenvalue weighted by molar-refractivity contribution is 5.84. The largest absolute Gasteiger partial charge is 0.370 e. The van der Waals surface area contributed by atoms with Gasteiger partial charge in [0.1, 0.15) is 6.10 Å². The molecule has 0 aliphatic carbocycles. The highest BCUT2D eigenvalue weighted by atomic mass is 16.5. The van der Waals surface area contributed by atoms with Crippen LogP contribution in [0.5, 0.6) is 0 Å². The van der Waals surface area contributed by atoms with E-state index in [-0.39, 0.29) is 23.8 Å². The molecular formula is C21H30N2O3. The van der Waals surface area contributed by atoms with Gasteiger partial charge in [-0.05, 0) is 18.4 Å². The van der Waals surface area contributed by atoms with Gasteiger partial charge in [-0.15, -0.1) is 0 Å². The Labute approximate surface area is 156 Å². The third-order valence-corrected chi connectivity index (χ3v) is 5.25. The first-order chi connectivity index (χ1) is 12.4. The number of likely N-dealkylation sites (tertiary alicyclic amines) is 1. The van der Waals surface area contributed by atoms with Gasteiger partial charge >= 0.3 is 0 Å². The molecule has 1 aromatic rings. The van der Waals surface area contributed by atoms with Crippen LogP contribution < -0.4 is 0 Å². The fourth-order valence-corrected chi connectivity index (χ4v) is 3.81. The molecule has 2 fully saturated rings. The molecule has 3 rings (SSSR count). The average molecular weight is 358 g/mol. The summed E-state index contributed by atoms with van der Waals surface area (Å²) < 4.78 is 5.88. The van der Waals surface area contributed by atoms with E-state index in [1.165, 1.54) is 0 Å². The van der Waals surface area contributed by atoms with E-state index < -0.39 is 5.41 Å². The van der Waals surface area contributed by atoms with E-state index in [1.54, 1.807) is 0 Å². The highest BCUT2D eigenvalue weighted by Gasteiger charge is 2.36. The van der Waals surface area contributed by atoms with E-state index in [0.29, 0.717) is 26.2 Å². The fourth-order valence-electron chi connectivity index (χ4n) is 3.81. The zero-order valence-electron chi connectivity index (χ0n) is 16.1. The van der Waals surface area contributed by atoms with E-state index >= 15 is 0 Å². The molecular weight excluding hydrogens is 328 g/mol. The SMILES string of the molecule is CC(C)(C)C(=O)N1CCC[C@@H](C(=O)N2CCO[C@@H](c3ccccc3)C2)C1. The summed E-state index contributed by atoms with van der Waals surface area (Å²) in [5.41, 5.74) is 0.709. The van der Waals surface area contributed by atoms with Crippen LogP contribution in [0.15, 0.2) is 30.3 Å². The minimum Gasteiger partial charge on any atom is -0.370 e. The molecule has 2 aliphatic heterocycles. The maximum Gasteiger partial charge on any atom is 0.227 e. The number of amides is 2. The second-order valence-electron chi connectivity index (χ2n) is 8.39. The van der Waals surface area contributed by atoms with Crippen molar-refractivity contribution in [3.63, 3.8) is 0 Å². The van der Waals surface area contributed by atoms with Gasteiger partial charge in [-0.25, -0.2) is 0 Å². The first-order valence-electron chi connectivity index (χ1n) is 9.61. The minimum atomic E-state index is -0.400. The van der Waals surface area contributed by atoms with Crippen molar-refractivity contribution in [1.82, 2.24) is 9.80 Å². The van der Waals surface area contributed by atoms with Crippen LogP contribution in [0.1, 0.15) is 45.3 Å². The average Bonchev–Trinajstić information content (AvgIpc) is 2.67. The normalized spacial score (nSPS) is 24.4. The van der Waals surface area contributed by atoms with Crippen molar-refractivity contribution in [2.45, 2.75) is 39.7 Å². The summed E-state index contributed by atoms with van der Waals surface area (Å²) in [6, 6.07) is 10.1. The second kappa shape index (κ2) is 7.78. The maximum atomic E-state index is 13.1. The number of benzene rings is 1. The van der Waals surface area contributed by atoms with Crippen molar-refractivity contribution in [3.05, 3.63) is 35.9 Å². The molecule has 2 saturated heterocycles. The Bertz CT molecular complexity index is 638. The monoisotopic (exact) mass is 358 g/mol. The van der Waals surface area contributed by atoms with Gasteiger partial charge in [-0.1, -0.05) is 51.1 Å². The predicted octanol–water partition coefficient (Wildman–Crippen LogP) is 2.87. The van der Waals surface area contributed by atoms with Crippen LogP contribution in [0, 0.1) is 11.3 Å². The Morgan fingerprint density at radius 2 is 1.77 bits per heavy atom. The molecule has 0 radical (unpaired) electrons. The number of rotatable bonds is 2. The van der Waals surface area contributed by atoms with E-state index in [9.17, 15) is 9.59 Å². The molecule has 0 spiro atoms. The summed E-state index contributed by atoms with van der Waals surface area (Å²) in [5.74, 6) is 0.212. The van der Waals surface area contributed by atoms with Crippen molar-refractivity contribution in [3.8, 4) is 0 Å². The number of ether oxygens (including phenoxy) is 1. The summed E-state index contributed by atoms with van der Waals surface area (Å²) in [6.45, 7) is 8.90. The van der Waals surface area contributed by atoms with Gasteiger partial charge in [0, 0.05) is 25.0 Å². The maximum absolute atomic E-state index is 13.1. The summed E-state index contributed by atoms with van der Waals surface area (Å²) in [4.78, 5) is 29.5. The quantitative estimate of drug-likeness (QED) is 0.817. The molecule has 0 saturated carbocycles. The first-order valence-corrected chi connectivity index (χ1v) is 9.61. The van der Waals surface area contributed by atoms with Gasteiger partial charge in [-0.2, -0.15) is 0 Å². The van der Waals surface area contributed by atoms with Gasteiger partial charge in [0.15, 0.2) is 0 Å². The molecule has 5 nitrogen and oxygen atoms in total. The second-order valence-corrected chi connectivity index (χ2v) is 8.39. The van der Waals surface area contributed by atoms with Crippen LogP contribution in [-0.2, 0) is 14.3 Å². The number of hydrogen-bond donors (Lipinski definition) is 0. The van der Waals surface area contributed by atoms with E-state index in [4.69, 9.17) is 4.74 Å². The van der Waals surface area contributed by atoms with Crippen molar-refractivity contribution in [1.29, 1.82) is 0 Å². The molecule has 1 aromatic carbocycles. The van der Waals surface area contributed by atoms with Gasteiger partial charge in [-0.3, -0.25) is 9.59 Å². The van der Waals surface area contributed by atoms with Crippen LogP contribution >= 0.6 is 0 Å². The molecule has 142 valence electrons. The molecule has 26 heavy (non-hydrogen) atoms. The van der Waals surface area contributed by atoms with Gasteiger partial charge < -0.3 is 14.5 Å². The molecule has 2 amide bonds. The van der Waals surface area contributed by atoms with Crippen molar-refractivity contribution >= 4 is 11.8 Å². The molecule has 2 heterocycles. The zero-order chi connectivity index (χ0) is 18.7. The smallest absolute Gasteiger partial charge is 0.227 e. The predicted molar refractivity (Wildman–Crippen MR) is 100 cm³/mol. The summed E-state index contributed by atoms with van der Waals surface area (Å²) in [7, 11) is 0. The number of carbonyl (C=O) groups excluding carboxylic acids is 2. The Balaban J connectivity index is 1.64. The Morgan fingerprint density at radius 1 is 1.04 bits per heavy atom. The lowest BCUT2D eigenvalue weighted by Gasteiger charge is -2.39. The third kappa shape index (κ3) is 4.26. The van der Waals surface area contributed by atoms with E-state index in [1.807, 2.05) is 60.9 Å². The Hall–Kier alpha value is -1.88. The van der Waals surface area contributed by atoms with Crippen LogP contribution in [0.3, 0.4) is 0 Å². The topological polar surface area (TPSA) is 49.9 Å². The third-order valence-electron chi connectivity index (χ3n) is 5.25. The lowest BCUT2D eigenvalue weighted by molar-refractivity contribution is -0.149. The van der Waals surface area contributed by atoms with Crippen molar-refractivity contribution in [2.24, 2.45) is 11.3 Å². The molecule has 5 heteroatoms. The number of hydrogen-bond acceptors (Lipinski definition) is 3. The molecule has 0 N–H and O–H groups in total. The highest BCUT2D eigenvalue weighted by Crippen LogP contribution is 2.27. The van der Waals surface area contributed by atoms with Gasteiger partial charge in [0.25, 0.3) is 0 Å². The minimum absolute atomic E-state index is 0.0650. The van der Waals surface area contributed by atoms with Crippen LogP contribution in [0.25, 0.3) is 0 Å². The summed E-state index contributed by atoms with van der Waals surface area (Å²) in [5, 5.41) is 0. The molecule has 0 unspecified atom stereocenters. The molecule has 0 bridgehead atoms. The summed E-state index contributed by atoms with van der Waals surface area (Å²) in [6.07, 6.45) is 1.69. The number of nitrogens with zero attached hydrogens (tertiary/aromatic N) is 2. The Kier molecular flexibility index (Phi) is 5.66. The van der Waals surface area contributed by atoms with Crippen LogP contribution in [0.2, 0.25) is 0 Å². The Morgan fingerprint density at radius 3 is 2.46 bits per heavy atom. The summed E-state index contributed by atoms with van der Waals surface area (Å²) >= 11 is 0. The van der Waals surface area contributed by atoms with Gasteiger partial charge in [0.05, 0.1) is 19.1 Å².